The second kappa shape index (κ2) is 6.03. The molecular weight excluding hydrogens is 264 g/mol. The number of rotatable bonds is 4. The average Bonchev–Trinajstić information content (AvgIpc) is 2.74. The predicted octanol–water partition coefficient (Wildman–Crippen LogP) is 1.63. The van der Waals surface area contributed by atoms with Crippen molar-refractivity contribution in [2.24, 2.45) is 11.8 Å². The number of carboxylic acids is 1. The Morgan fingerprint density at radius 2 is 2.05 bits per heavy atom. The normalized spacial score (nSPS) is 28.8. The van der Waals surface area contributed by atoms with Crippen molar-refractivity contribution in [2.75, 3.05) is 19.3 Å². The highest BCUT2D eigenvalue weighted by Crippen LogP contribution is 2.29. The van der Waals surface area contributed by atoms with E-state index in [0.717, 1.165) is 12.8 Å². The third-order valence-electron chi connectivity index (χ3n) is 4.34. The Hall–Kier alpha value is -0.910. The van der Waals surface area contributed by atoms with Crippen LogP contribution in [0.5, 0.6) is 0 Å². The molecule has 19 heavy (non-hydrogen) atoms. The summed E-state index contributed by atoms with van der Waals surface area (Å²) in [5.41, 5.74) is 0. The van der Waals surface area contributed by atoms with Gasteiger partial charge in [-0.05, 0) is 25.5 Å². The monoisotopic (exact) mass is 286 g/mol. The molecule has 2 rings (SSSR count). The van der Waals surface area contributed by atoms with Crippen LogP contribution in [0.25, 0.3) is 0 Å². The maximum Gasteiger partial charge on any atom is 0.317 e. The SMILES string of the molecule is CSC1CCC(NC(=O)N2CC(C(C)C(=O)O)C2)C1. The Labute approximate surface area is 118 Å². The van der Waals surface area contributed by atoms with Crippen molar-refractivity contribution >= 4 is 23.8 Å². The van der Waals surface area contributed by atoms with Crippen molar-refractivity contribution < 1.29 is 14.7 Å². The number of nitrogens with zero attached hydrogens (tertiary/aromatic N) is 1. The summed E-state index contributed by atoms with van der Waals surface area (Å²) < 4.78 is 0. The molecule has 0 spiro atoms. The van der Waals surface area contributed by atoms with Gasteiger partial charge in [0, 0.05) is 30.3 Å². The van der Waals surface area contributed by atoms with Crippen LogP contribution in [0.2, 0.25) is 0 Å². The first kappa shape index (κ1) is 14.5. The maximum atomic E-state index is 12.0. The standard InChI is InChI=1S/C13H22N2O3S/c1-8(12(16)17)9-6-15(7-9)13(18)14-10-3-4-11(5-10)19-2/h8-11H,3-7H2,1-2H3,(H,14,18)(H,16,17). The van der Waals surface area contributed by atoms with Crippen LogP contribution >= 0.6 is 11.8 Å². The van der Waals surface area contributed by atoms with Crippen LogP contribution in [0.3, 0.4) is 0 Å². The molecular formula is C13H22N2O3S. The van der Waals surface area contributed by atoms with E-state index in [1.165, 1.54) is 6.42 Å². The molecule has 1 aliphatic heterocycles. The highest BCUT2D eigenvalue weighted by molar-refractivity contribution is 7.99. The molecule has 3 atom stereocenters. The maximum absolute atomic E-state index is 12.0. The molecule has 0 bridgehead atoms. The molecule has 1 heterocycles. The molecule has 0 radical (unpaired) electrons. The quantitative estimate of drug-likeness (QED) is 0.824. The number of likely N-dealkylation sites (tertiary alicyclic amines) is 1. The van der Waals surface area contributed by atoms with Crippen molar-refractivity contribution in [3.63, 3.8) is 0 Å². The number of carbonyl (C=O) groups excluding carboxylic acids is 1. The number of amides is 2. The van der Waals surface area contributed by atoms with Gasteiger partial charge in [0.2, 0.25) is 0 Å². The highest BCUT2D eigenvalue weighted by Gasteiger charge is 2.38. The van der Waals surface area contributed by atoms with Crippen LogP contribution < -0.4 is 5.32 Å². The molecule has 0 aromatic heterocycles. The van der Waals surface area contributed by atoms with Gasteiger partial charge >= 0.3 is 12.0 Å². The smallest absolute Gasteiger partial charge is 0.317 e. The molecule has 2 fully saturated rings. The molecule has 0 aromatic rings. The Bertz CT molecular complexity index is 358. The molecule has 1 saturated heterocycles. The lowest BCUT2D eigenvalue weighted by Gasteiger charge is -2.41. The van der Waals surface area contributed by atoms with E-state index < -0.39 is 5.97 Å². The summed E-state index contributed by atoms with van der Waals surface area (Å²) in [4.78, 5) is 24.5. The molecule has 5 nitrogen and oxygen atoms in total. The number of carbonyl (C=O) groups is 2. The summed E-state index contributed by atoms with van der Waals surface area (Å²) >= 11 is 1.87. The van der Waals surface area contributed by atoms with Gasteiger partial charge in [0.1, 0.15) is 0 Å². The fourth-order valence-corrected chi connectivity index (χ4v) is 3.54. The summed E-state index contributed by atoms with van der Waals surface area (Å²) in [6.07, 6.45) is 5.39. The minimum absolute atomic E-state index is 0.0272. The lowest BCUT2D eigenvalue weighted by molar-refractivity contribution is -0.144. The van der Waals surface area contributed by atoms with E-state index in [9.17, 15) is 9.59 Å². The van der Waals surface area contributed by atoms with E-state index in [1.807, 2.05) is 11.8 Å². The van der Waals surface area contributed by atoms with E-state index in [0.29, 0.717) is 24.4 Å². The van der Waals surface area contributed by atoms with Gasteiger partial charge in [0.15, 0.2) is 0 Å². The van der Waals surface area contributed by atoms with E-state index in [-0.39, 0.29) is 17.9 Å². The Kier molecular flexibility index (Phi) is 4.60. The minimum Gasteiger partial charge on any atom is -0.481 e. The van der Waals surface area contributed by atoms with Gasteiger partial charge in [-0.3, -0.25) is 4.79 Å². The molecule has 1 saturated carbocycles. The van der Waals surface area contributed by atoms with E-state index in [1.54, 1.807) is 11.8 Å². The highest BCUT2D eigenvalue weighted by atomic mass is 32.2. The van der Waals surface area contributed by atoms with Crippen LogP contribution in [0.4, 0.5) is 4.79 Å². The molecule has 2 amide bonds. The molecule has 2 aliphatic rings. The first-order valence-corrected chi connectivity index (χ1v) is 8.11. The van der Waals surface area contributed by atoms with Crippen molar-refractivity contribution in [2.45, 2.75) is 37.5 Å². The Balaban J connectivity index is 1.71. The summed E-state index contributed by atoms with van der Waals surface area (Å²) in [5.74, 6) is -1.04. The van der Waals surface area contributed by atoms with Gasteiger partial charge < -0.3 is 15.3 Å². The molecule has 0 aromatic carbocycles. The van der Waals surface area contributed by atoms with Gasteiger partial charge in [-0.2, -0.15) is 11.8 Å². The van der Waals surface area contributed by atoms with Crippen molar-refractivity contribution in [3.05, 3.63) is 0 Å². The number of thioether (sulfide) groups is 1. The van der Waals surface area contributed by atoms with Gasteiger partial charge in [-0.25, -0.2) is 4.79 Å². The topological polar surface area (TPSA) is 69.6 Å². The number of urea groups is 1. The van der Waals surface area contributed by atoms with E-state index in [2.05, 4.69) is 11.6 Å². The molecule has 3 unspecified atom stereocenters. The fourth-order valence-electron chi connectivity index (χ4n) is 2.75. The van der Waals surface area contributed by atoms with Crippen molar-refractivity contribution in [1.82, 2.24) is 10.2 Å². The number of carboxylic acid groups (broad SMARTS) is 1. The van der Waals surface area contributed by atoms with Gasteiger partial charge in [-0.15, -0.1) is 0 Å². The molecule has 2 N–H and O–H groups in total. The molecule has 108 valence electrons. The largest absolute Gasteiger partial charge is 0.481 e. The second-order valence-corrected chi connectivity index (χ2v) is 6.75. The number of nitrogens with one attached hydrogen (secondary N) is 1. The number of aliphatic carboxylic acids is 1. The van der Waals surface area contributed by atoms with Gasteiger partial charge in [-0.1, -0.05) is 6.92 Å². The van der Waals surface area contributed by atoms with E-state index >= 15 is 0 Å². The van der Waals surface area contributed by atoms with E-state index in [4.69, 9.17) is 5.11 Å². The predicted molar refractivity (Wildman–Crippen MR) is 75.3 cm³/mol. The van der Waals surface area contributed by atoms with Crippen LogP contribution in [0, 0.1) is 11.8 Å². The fraction of sp³-hybridized carbons (Fsp3) is 0.846. The lowest BCUT2D eigenvalue weighted by atomic mass is 9.87. The Morgan fingerprint density at radius 3 is 2.58 bits per heavy atom. The summed E-state index contributed by atoms with van der Waals surface area (Å²) in [6, 6.07) is 0.265. The van der Waals surface area contributed by atoms with Crippen molar-refractivity contribution in [1.29, 1.82) is 0 Å². The second-order valence-electron chi connectivity index (χ2n) is 5.61. The Morgan fingerprint density at radius 1 is 1.37 bits per heavy atom. The third kappa shape index (κ3) is 3.35. The van der Waals surface area contributed by atoms with Gasteiger partial charge in [0.05, 0.1) is 5.92 Å². The summed E-state index contributed by atoms with van der Waals surface area (Å²) in [5, 5.41) is 12.6. The van der Waals surface area contributed by atoms with Gasteiger partial charge in [0.25, 0.3) is 0 Å². The summed E-state index contributed by atoms with van der Waals surface area (Å²) in [6.45, 7) is 2.85. The van der Waals surface area contributed by atoms with Crippen molar-refractivity contribution in [3.8, 4) is 0 Å². The zero-order valence-electron chi connectivity index (χ0n) is 11.5. The molecule has 1 aliphatic carbocycles. The lowest BCUT2D eigenvalue weighted by Crippen LogP contribution is -2.57. The van der Waals surface area contributed by atoms with Crippen LogP contribution in [-0.2, 0) is 4.79 Å². The minimum atomic E-state index is -0.774. The zero-order chi connectivity index (χ0) is 14.0. The first-order chi connectivity index (χ1) is 9.01. The zero-order valence-corrected chi connectivity index (χ0v) is 12.3. The first-order valence-electron chi connectivity index (χ1n) is 6.82. The van der Waals surface area contributed by atoms with Crippen LogP contribution in [0.15, 0.2) is 0 Å². The number of hydrogen-bond donors (Lipinski definition) is 2. The summed E-state index contributed by atoms with van der Waals surface area (Å²) in [7, 11) is 0. The van der Waals surface area contributed by atoms with Crippen LogP contribution in [0.1, 0.15) is 26.2 Å². The average molecular weight is 286 g/mol. The van der Waals surface area contributed by atoms with Crippen LogP contribution in [-0.4, -0.2) is 52.6 Å². The molecule has 6 heteroatoms. The number of hydrogen-bond acceptors (Lipinski definition) is 3. The third-order valence-corrected chi connectivity index (χ3v) is 5.43.